The van der Waals surface area contributed by atoms with Crippen LogP contribution in [0.4, 0.5) is 13.2 Å². The first kappa shape index (κ1) is 13.6. The zero-order valence-corrected chi connectivity index (χ0v) is 9.22. The first-order valence-electron chi connectivity index (χ1n) is 4.48. The van der Waals surface area contributed by atoms with E-state index >= 15 is 0 Å². The average molecular weight is 269 g/mol. The zero-order valence-electron chi connectivity index (χ0n) is 8.46. The summed E-state index contributed by atoms with van der Waals surface area (Å²) in [6.07, 6.45) is -3.98. The van der Waals surface area contributed by atoms with Gasteiger partial charge in [0.15, 0.2) is 24.4 Å². The monoisotopic (exact) mass is 268 g/mol. The average Bonchev–Trinajstić information content (AvgIpc) is 2.23. The maximum Gasteiger partial charge on any atom is 0.422 e. The molecule has 17 heavy (non-hydrogen) atoms. The van der Waals surface area contributed by atoms with Crippen LogP contribution < -0.4 is 9.47 Å². The first-order valence-corrected chi connectivity index (χ1v) is 4.86. The minimum absolute atomic E-state index is 0.00569. The lowest BCUT2D eigenvalue weighted by Gasteiger charge is -2.13. The second kappa shape index (κ2) is 5.77. The standard InChI is InChI=1S/C10H8ClF3O3/c11-7-1-2-8(17-6-10(12,13)14)9(5-7)16-4-3-15/h1-3,5H,4,6H2. The number of benzene rings is 1. The molecule has 0 unspecified atom stereocenters. The van der Waals surface area contributed by atoms with E-state index in [2.05, 4.69) is 4.74 Å². The van der Waals surface area contributed by atoms with Crippen molar-refractivity contribution < 1.29 is 27.4 Å². The number of ether oxygens (including phenoxy) is 2. The number of hydrogen-bond acceptors (Lipinski definition) is 3. The molecular formula is C10H8ClF3O3. The second-order valence-corrected chi connectivity index (χ2v) is 3.41. The van der Waals surface area contributed by atoms with Gasteiger partial charge in [-0.3, -0.25) is 4.79 Å². The molecule has 0 radical (unpaired) electrons. The molecule has 0 saturated heterocycles. The SMILES string of the molecule is O=CCOc1cc(Cl)ccc1OCC(F)(F)F. The maximum atomic E-state index is 12.0. The van der Waals surface area contributed by atoms with E-state index in [1.54, 1.807) is 0 Å². The summed E-state index contributed by atoms with van der Waals surface area (Å²) in [5, 5.41) is 0.269. The molecule has 0 bridgehead atoms. The highest BCUT2D eigenvalue weighted by Crippen LogP contribution is 2.31. The quantitative estimate of drug-likeness (QED) is 0.771. The van der Waals surface area contributed by atoms with Crippen LogP contribution in [0.25, 0.3) is 0 Å². The Balaban J connectivity index is 2.78. The summed E-state index contributed by atoms with van der Waals surface area (Å²) in [5.41, 5.74) is 0. The Kier molecular flexibility index (Phi) is 4.62. The number of halogens is 4. The van der Waals surface area contributed by atoms with Gasteiger partial charge in [-0.05, 0) is 12.1 Å². The Bertz CT molecular complexity index is 393. The van der Waals surface area contributed by atoms with Crippen molar-refractivity contribution in [2.75, 3.05) is 13.2 Å². The third-order valence-corrected chi connectivity index (χ3v) is 1.84. The Hall–Kier alpha value is -1.43. The topological polar surface area (TPSA) is 35.5 Å². The first-order chi connectivity index (χ1) is 7.92. The van der Waals surface area contributed by atoms with Crippen LogP contribution >= 0.6 is 11.6 Å². The molecule has 0 amide bonds. The van der Waals surface area contributed by atoms with E-state index in [1.165, 1.54) is 18.2 Å². The molecule has 1 aromatic carbocycles. The van der Waals surface area contributed by atoms with Gasteiger partial charge in [-0.2, -0.15) is 13.2 Å². The summed E-state index contributed by atoms with van der Waals surface area (Å²) in [4.78, 5) is 10.1. The molecule has 0 heterocycles. The molecule has 7 heteroatoms. The summed E-state index contributed by atoms with van der Waals surface area (Å²) < 4.78 is 45.3. The highest BCUT2D eigenvalue weighted by molar-refractivity contribution is 6.30. The van der Waals surface area contributed by atoms with Crippen LogP contribution in [0.3, 0.4) is 0 Å². The molecule has 0 fully saturated rings. The van der Waals surface area contributed by atoms with Crippen molar-refractivity contribution in [2.45, 2.75) is 6.18 Å². The Morgan fingerprint density at radius 2 is 1.94 bits per heavy atom. The summed E-state index contributed by atoms with van der Waals surface area (Å²) >= 11 is 5.64. The Labute approximate surface area is 100 Å². The number of carbonyl (C=O) groups is 1. The van der Waals surface area contributed by atoms with Crippen molar-refractivity contribution in [1.29, 1.82) is 0 Å². The normalized spacial score (nSPS) is 11.1. The summed E-state index contributed by atoms with van der Waals surface area (Å²) in [6, 6.07) is 3.88. The van der Waals surface area contributed by atoms with Crippen LogP contribution in [0.5, 0.6) is 11.5 Å². The number of carbonyl (C=O) groups excluding carboxylic acids is 1. The number of hydrogen-bond donors (Lipinski definition) is 0. The third-order valence-electron chi connectivity index (χ3n) is 1.60. The molecule has 0 aliphatic rings. The highest BCUT2D eigenvalue weighted by Gasteiger charge is 2.29. The van der Waals surface area contributed by atoms with Gasteiger partial charge in [0.05, 0.1) is 0 Å². The van der Waals surface area contributed by atoms with Crippen LogP contribution in [-0.2, 0) is 4.79 Å². The van der Waals surface area contributed by atoms with Crippen LogP contribution in [0.15, 0.2) is 18.2 Å². The van der Waals surface area contributed by atoms with E-state index in [0.717, 1.165) is 0 Å². The van der Waals surface area contributed by atoms with Crippen LogP contribution in [-0.4, -0.2) is 25.7 Å². The van der Waals surface area contributed by atoms with Crippen LogP contribution in [0, 0.1) is 0 Å². The van der Waals surface area contributed by atoms with Crippen LogP contribution in [0.1, 0.15) is 0 Å². The predicted molar refractivity (Wildman–Crippen MR) is 54.6 cm³/mol. The number of rotatable bonds is 5. The molecule has 0 atom stereocenters. The predicted octanol–water partition coefficient (Wildman–Crippen LogP) is 2.86. The van der Waals surface area contributed by atoms with Gasteiger partial charge >= 0.3 is 6.18 Å². The summed E-state index contributed by atoms with van der Waals surface area (Å²) in [5.74, 6) is -0.123. The third kappa shape index (κ3) is 4.95. The minimum atomic E-state index is -4.44. The number of alkyl halides is 3. The van der Waals surface area contributed by atoms with Crippen molar-refractivity contribution in [3.8, 4) is 11.5 Å². The summed E-state index contributed by atoms with van der Waals surface area (Å²) in [7, 11) is 0. The van der Waals surface area contributed by atoms with Gasteiger partial charge in [0, 0.05) is 11.1 Å². The van der Waals surface area contributed by atoms with Crippen molar-refractivity contribution in [3.63, 3.8) is 0 Å². The van der Waals surface area contributed by atoms with Crippen molar-refractivity contribution >= 4 is 17.9 Å². The van der Waals surface area contributed by atoms with E-state index in [0.29, 0.717) is 6.29 Å². The fourth-order valence-corrected chi connectivity index (χ4v) is 1.16. The lowest BCUT2D eigenvalue weighted by Crippen LogP contribution is -2.19. The summed E-state index contributed by atoms with van der Waals surface area (Å²) in [6.45, 7) is -1.73. The molecule has 1 rings (SSSR count). The minimum Gasteiger partial charge on any atom is -0.482 e. The maximum absolute atomic E-state index is 12.0. The fourth-order valence-electron chi connectivity index (χ4n) is 0.997. The van der Waals surface area contributed by atoms with Gasteiger partial charge in [0.25, 0.3) is 0 Å². The molecule has 0 N–H and O–H groups in total. The molecular weight excluding hydrogens is 261 g/mol. The van der Waals surface area contributed by atoms with Gasteiger partial charge < -0.3 is 9.47 Å². The second-order valence-electron chi connectivity index (χ2n) is 2.97. The van der Waals surface area contributed by atoms with E-state index in [-0.39, 0.29) is 23.1 Å². The van der Waals surface area contributed by atoms with Gasteiger partial charge in [-0.25, -0.2) is 0 Å². The zero-order chi connectivity index (χ0) is 12.9. The van der Waals surface area contributed by atoms with Crippen molar-refractivity contribution in [3.05, 3.63) is 23.2 Å². The van der Waals surface area contributed by atoms with Gasteiger partial charge in [-0.15, -0.1) is 0 Å². The van der Waals surface area contributed by atoms with E-state index in [9.17, 15) is 18.0 Å². The van der Waals surface area contributed by atoms with Gasteiger partial charge in [0.1, 0.15) is 6.61 Å². The van der Waals surface area contributed by atoms with Crippen molar-refractivity contribution in [1.82, 2.24) is 0 Å². The lowest BCUT2D eigenvalue weighted by molar-refractivity contribution is -0.153. The molecule has 0 aliphatic carbocycles. The van der Waals surface area contributed by atoms with Crippen molar-refractivity contribution in [2.24, 2.45) is 0 Å². The van der Waals surface area contributed by atoms with E-state index < -0.39 is 12.8 Å². The molecule has 0 spiro atoms. The molecule has 94 valence electrons. The fraction of sp³-hybridized carbons (Fsp3) is 0.300. The Morgan fingerprint density at radius 3 is 2.53 bits per heavy atom. The van der Waals surface area contributed by atoms with Gasteiger partial charge in [-0.1, -0.05) is 11.6 Å². The van der Waals surface area contributed by atoms with Gasteiger partial charge in [0.2, 0.25) is 0 Å². The lowest BCUT2D eigenvalue weighted by atomic mass is 10.3. The largest absolute Gasteiger partial charge is 0.482 e. The molecule has 0 saturated carbocycles. The molecule has 3 nitrogen and oxygen atoms in total. The molecule has 0 aliphatic heterocycles. The highest BCUT2D eigenvalue weighted by atomic mass is 35.5. The number of aldehydes is 1. The van der Waals surface area contributed by atoms with E-state index in [4.69, 9.17) is 16.3 Å². The smallest absolute Gasteiger partial charge is 0.422 e. The molecule has 1 aromatic rings. The van der Waals surface area contributed by atoms with Crippen LogP contribution in [0.2, 0.25) is 5.02 Å². The Morgan fingerprint density at radius 1 is 1.24 bits per heavy atom. The molecule has 0 aromatic heterocycles. The van der Waals surface area contributed by atoms with E-state index in [1.807, 2.05) is 0 Å².